The van der Waals surface area contributed by atoms with Gasteiger partial charge in [-0.1, -0.05) is 13.3 Å². The molecule has 0 aromatic carbocycles. The lowest BCUT2D eigenvalue weighted by Crippen LogP contribution is -2.13. The summed E-state index contributed by atoms with van der Waals surface area (Å²) in [5.41, 5.74) is -0.0609. The molecule has 0 unspecified atom stereocenters. The van der Waals surface area contributed by atoms with Crippen molar-refractivity contribution in [1.29, 1.82) is 0 Å². The number of ether oxygens (including phenoxy) is 1. The largest absolute Gasteiger partial charge is 0.478 e. The van der Waals surface area contributed by atoms with Gasteiger partial charge in [-0.15, -0.1) is 0 Å². The zero-order valence-corrected chi connectivity index (χ0v) is 9.65. The minimum atomic E-state index is -1.18. The molecule has 92 valence electrons. The van der Waals surface area contributed by atoms with Crippen LogP contribution in [0.5, 0.6) is 0 Å². The molecular weight excluding hydrogens is 212 g/mol. The van der Waals surface area contributed by atoms with Gasteiger partial charge < -0.3 is 14.9 Å². The topological polar surface area (TPSA) is 83.8 Å². The molecule has 0 saturated carbocycles. The molecule has 2 N–H and O–H groups in total. The Labute approximate surface area is 94.7 Å². The van der Waals surface area contributed by atoms with E-state index < -0.39 is 11.9 Å². The summed E-state index contributed by atoms with van der Waals surface area (Å²) in [4.78, 5) is 21.9. The third-order valence-corrected chi connectivity index (χ3v) is 2.22. The second kappa shape index (κ2) is 7.87. The summed E-state index contributed by atoms with van der Waals surface area (Å²) in [7, 11) is 1.45. The Morgan fingerprint density at radius 1 is 1.06 bits per heavy atom. The first kappa shape index (κ1) is 14.6. The van der Waals surface area contributed by atoms with Crippen molar-refractivity contribution in [3.05, 3.63) is 11.1 Å². The normalized spacial score (nSPS) is 12.1. The molecular formula is C11H18O5. The van der Waals surface area contributed by atoms with E-state index in [0.717, 1.165) is 6.42 Å². The number of rotatable bonds is 8. The molecule has 0 aromatic rings. The van der Waals surface area contributed by atoms with Gasteiger partial charge in [0.2, 0.25) is 0 Å². The van der Waals surface area contributed by atoms with Crippen molar-refractivity contribution in [3.8, 4) is 0 Å². The fourth-order valence-corrected chi connectivity index (χ4v) is 1.33. The number of methoxy groups -OCH3 is 1. The van der Waals surface area contributed by atoms with Crippen LogP contribution in [-0.2, 0) is 14.3 Å². The van der Waals surface area contributed by atoms with Crippen molar-refractivity contribution >= 4 is 11.9 Å². The highest BCUT2D eigenvalue weighted by molar-refractivity contribution is 5.98. The van der Waals surface area contributed by atoms with Crippen LogP contribution in [-0.4, -0.2) is 35.9 Å². The number of hydrogen-bond donors (Lipinski definition) is 2. The van der Waals surface area contributed by atoms with E-state index in [-0.39, 0.29) is 30.6 Å². The average Bonchev–Trinajstić information content (AvgIpc) is 2.21. The van der Waals surface area contributed by atoms with Crippen LogP contribution in [0.15, 0.2) is 11.1 Å². The third-order valence-electron chi connectivity index (χ3n) is 2.22. The Kier molecular flexibility index (Phi) is 7.20. The van der Waals surface area contributed by atoms with E-state index in [1.165, 1.54) is 7.11 Å². The molecule has 0 aliphatic heterocycles. The monoisotopic (exact) mass is 230 g/mol. The second-order valence-electron chi connectivity index (χ2n) is 3.41. The van der Waals surface area contributed by atoms with E-state index in [4.69, 9.17) is 14.9 Å². The Balaban J connectivity index is 4.94. The molecule has 5 nitrogen and oxygen atoms in total. The van der Waals surface area contributed by atoms with Gasteiger partial charge in [-0.25, -0.2) is 9.59 Å². The summed E-state index contributed by atoms with van der Waals surface area (Å²) in [5, 5.41) is 17.9. The predicted molar refractivity (Wildman–Crippen MR) is 58.3 cm³/mol. The summed E-state index contributed by atoms with van der Waals surface area (Å²) < 4.78 is 4.77. The van der Waals surface area contributed by atoms with Crippen molar-refractivity contribution in [3.63, 3.8) is 0 Å². The Bertz CT molecular complexity index is 252. The molecule has 0 radical (unpaired) electrons. The van der Waals surface area contributed by atoms with Crippen LogP contribution in [0, 0.1) is 0 Å². The fraction of sp³-hybridized carbons (Fsp3) is 0.636. The van der Waals surface area contributed by atoms with Gasteiger partial charge >= 0.3 is 11.9 Å². The fourth-order valence-electron chi connectivity index (χ4n) is 1.33. The van der Waals surface area contributed by atoms with Crippen LogP contribution in [0.25, 0.3) is 0 Å². The molecule has 0 saturated heterocycles. The maximum atomic E-state index is 11.0. The molecule has 0 rings (SSSR count). The maximum Gasteiger partial charge on any atom is 0.332 e. The van der Waals surface area contributed by atoms with Crippen LogP contribution < -0.4 is 0 Å². The molecule has 0 aliphatic carbocycles. The number of carboxylic acid groups (broad SMARTS) is 2. The molecule has 16 heavy (non-hydrogen) atoms. The summed E-state index contributed by atoms with van der Waals surface area (Å²) in [6.45, 7) is 2.14. The van der Waals surface area contributed by atoms with Crippen molar-refractivity contribution in [1.82, 2.24) is 0 Å². The van der Waals surface area contributed by atoms with Gasteiger partial charge in [0.1, 0.15) is 0 Å². The lowest BCUT2D eigenvalue weighted by molar-refractivity contribution is -0.136. The molecule has 5 heteroatoms. The summed E-state index contributed by atoms with van der Waals surface area (Å²) in [6.07, 6.45) is 1.91. The number of carboxylic acids is 2. The van der Waals surface area contributed by atoms with Crippen LogP contribution in [0.3, 0.4) is 0 Å². The molecule has 0 aromatic heterocycles. The van der Waals surface area contributed by atoms with Crippen molar-refractivity contribution in [2.45, 2.75) is 32.6 Å². The van der Waals surface area contributed by atoms with Gasteiger partial charge in [-0.3, -0.25) is 0 Å². The minimum Gasteiger partial charge on any atom is -0.478 e. The summed E-state index contributed by atoms with van der Waals surface area (Å²) >= 11 is 0. The first-order valence-corrected chi connectivity index (χ1v) is 5.22. The summed E-state index contributed by atoms with van der Waals surface area (Å²) in [6, 6.07) is 0. The van der Waals surface area contributed by atoms with Crippen molar-refractivity contribution in [2.75, 3.05) is 13.7 Å². The van der Waals surface area contributed by atoms with Gasteiger partial charge in [-0.05, 0) is 12.8 Å². The Morgan fingerprint density at radius 3 is 1.94 bits per heavy atom. The molecule has 0 spiro atoms. The smallest absolute Gasteiger partial charge is 0.332 e. The highest BCUT2D eigenvalue weighted by atomic mass is 16.5. The zero-order chi connectivity index (χ0) is 12.6. The number of unbranched alkanes of at least 4 members (excludes halogenated alkanes) is 1. The molecule has 0 fully saturated rings. The molecule has 0 amide bonds. The van der Waals surface area contributed by atoms with E-state index in [1.54, 1.807) is 0 Å². The minimum absolute atomic E-state index is 0.00796. The van der Waals surface area contributed by atoms with Gasteiger partial charge in [0.05, 0.1) is 6.61 Å². The zero-order valence-electron chi connectivity index (χ0n) is 9.65. The van der Waals surface area contributed by atoms with E-state index in [9.17, 15) is 9.59 Å². The van der Waals surface area contributed by atoms with E-state index in [2.05, 4.69) is 0 Å². The third kappa shape index (κ3) is 4.93. The van der Waals surface area contributed by atoms with Crippen LogP contribution in [0.1, 0.15) is 32.6 Å². The standard InChI is InChI=1S/C11H18O5/c1-3-4-5-8(10(12)13)9(11(14)15)6-7-16-2/h3-7H2,1-2H3,(H,12,13)(H,14,15)/b9-8+. The Morgan fingerprint density at radius 2 is 1.56 bits per heavy atom. The Hall–Kier alpha value is -1.36. The lowest BCUT2D eigenvalue weighted by atomic mass is 10.0. The van der Waals surface area contributed by atoms with Crippen LogP contribution in [0.4, 0.5) is 0 Å². The van der Waals surface area contributed by atoms with Gasteiger partial charge in [0.25, 0.3) is 0 Å². The predicted octanol–water partition coefficient (Wildman–Crippen LogP) is 1.68. The maximum absolute atomic E-state index is 11.0. The average molecular weight is 230 g/mol. The summed E-state index contributed by atoms with van der Waals surface area (Å²) in [5.74, 6) is -2.33. The highest BCUT2D eigenvalue weighted by Crippen LogP contribution is 2.16. The number of aliphatic carboxylic acids is 2. The number of hydrogen-bond acceptors (Lipinski definition) is 3. The molecule has 0 aliphatic rings. The second-order valence-corrected chi connectivity index (χ2v) is 3.41. The van der Waals surface area contributed by atoms with Crippen LogP contribution in [0.2, 0.25) is 0 Å². The van der Waals surface area contributed by atoms with Gasteiger partial charge in [0.15, 0.2) is 0 Å². The van der Waals surface area contributed by atoms with Crippen LogP contribution >= 0.6 is 0 Å². The lowest BCUT2D eigenvalue weighted by Gasteiger charge is -2.08. The quantitative estimate of drug-likeness (QED) is 0.620. The van der Waals surface area contributed by atoms with Gasteiger partial charge in [0, 0.05) is 24.7 Å². The van der Waals surface area contributed by atoms with E-state index >= 15 is 0 Å². The first-order chi connectivity index (χ1) is 7.54. The SMILES string of the molecule is CCCC/C(C(=O)O)=C(/CCOC)C(=O)O. The highest BCUT2D eigenvalue weighted by Gasteiger charge is 2.19. The number of carbonyl (C=O) groups is 2. The van der Waals surface area contributed by atoms with Crippen molar-refractivity contribution in [2.24, 2.45) is 0 Å². The van der Waals surface area contributed by atoms with Crippen molar-refractivity contribution < 1.29 is 24.5 Å². The first-order valence-electron chi connectivity index (χ1n) is 5.22. The molecule has 0 atom stereocenters. The van der Waals surface area contributed by atoms with Gasteiger partial charge in [-0.2, -0.15) is 0 Å². The molecule has 0 heterocycles. The molecule has 0 bridgehead atoms. The van der Waals surface area contributed by atoms with E-state index in [1.807, 2.05) is 6.92 Å². The van der Waals surface area contributed by atoms with E-state index in [0.29, 0.717) is 6.42 Å².